The van der Waals surface area contributed by atoms with E-state index in [1.807, 2.05) is 0 Å². The third-order valence-electron chi connectivity index (χ3n) is 2.78. The van der Waals surface area contributed by atoms with Crippen LogP contribution in [0, 0.1) is 0 Å². The number of aromatic nitrogens is 3. The predicted molar refractivity (Wildman–Crippen MR) is 71.0 cm³/mol. The SMILES string of the molecule is Cn1cnn(CCCOc2ccccc2C(=O)O)c1=O. The average Bonchev–Trinajstić information content (AvgIpc) is 2.75. The molecule has 0 aliphatic heterocycles. The number of carbonyl (C=O) groups is 1. The molecule has 106 valence electrons. The van der Waals surface area contributed by atoms with Crippen molar-refractivity contribution in [1.29, 1.82) is 0 Å². The summed E-state index contributed by atoms with van der Waals surface area (Å²) in [7, 11) is 1.63. The van der Waals surface area contributed by atoms with Crippen molar-refractivity contribution >= 4 is 5.97 Å². The van der Waals surface area contributed by atoms with Gasteiger partial charge in [-0.1, -0.05) is 12.1 Å². The van der Waals surface area contributed by atoms with E-state index in [-0.39, 0.29) is 11.3 Å². The molecule has 0 amide bonds. The second kappa shape index (κ2) is 6.05. The van der Waals surface area contributed by atoms with E-state index in [0.717, 1.165) is 0 Å². The Balaban J connectivity index is 1.89. The van der Waals surface area contributed by atoms with Gasteiger partial charge in [-0.05, 0) is 12.1 Å². The molecule has 0 saturated carbocycles. The Morgan fingerprint density at radius 3 is 2.80 bits per heavy atom. The van der Waals surface area contributed by atoms with Crippen molar-refractivity contribution in [3.63, 3.8) is 0 Å². The fraction of sp³-hybridized carbons (Fsp3) is 0.308. The Labute approximate surface area is 115 Å². The summed E-state index contributed by atoms with van der Waals surface area (Å²) >= 11 is 0. The molecule has 7 heteroatoms. The van der Waals surface area contributed by atoms with Crippen molar-refractivity contribution in [2.45, 2.75) is 13.0 Å². The molecule has 2 rings (SSSR count). The first-order chi connectivity index (χ1) is 9.59. The fourth-order valence-electron chi connectivity index (χ4n) is 1.74. The van der Waals surface area contributed by atoms with E-state index in [0.29, 0.717) is 25.3 Å². The zero-order valence-corrected chi connectivity index (χ0v) is 11.0. The lowest BCUT2D eigenvalue weighted by atomic mass is 10.2. The summed E-state index contributed by atoms with van der Waals surface area (Å²) in [5.74, 6) is -0.699. The normalized spacial score (nSPS) is 10.4. The zero-order chi connectivity index (χ0) is 14.5. The van der Waals surface area contributed by atoms with Gasteiger partial charge in [0.15, 0.2) is 0 Å². The van der Waals surface area contributed by atoms with Crippen LogP contribution < -0.4 is 10.4 Å². The minimum atomic E-state index is -1.03. The molecule has 1 heterocycles. The minimum Gasteiger partial charge on any atom is -0.493 e. The van der Waals surface area contributed by atoms with Gasteiger partial charge in [0.05, 0.1) is 6.61 Å². The Morgan fingerprint density at radius 1 is 1.40 bits per heavy atom. The van der Waals surface area contributed by atoms with Crippen LogP contribution in [0.15, 0.2) is 35.4 Å². The smallest absolute Gasteiger partial charge is 0.345 e. The van der Waals surface area contributed by atoms with Crippen LogP contribution in [0.2, 0.25) is 0 Å². The fourth-order valence-corrected chi connectivity index (χ4v) is 1.74. The second-order valence-electron chi connectivity index (χ2n) is 4.25. The maximum atomic E-state index is 11.5. The standard InChI is InChI=1S/C13H15N3O4/c1-15-9-14-16(13(15)19)7-4-8-20-11-6-3-2-5-10(11)12(17)18/h2-3,5-6,9H,4,7-8H2,1H3,(H,17,18). The quantitative estimate of drug-likeness (QED) is 0.787. The summed E-state index contributed by atoms with van der Waals surface area (Å²) in [4.78, 5) is 22.5. The summed E-state index contributed by atoms with van der Waals surface area (Å²) in [5, 5.41) is 12.9. The van der Waals surface area contributed by atoms with E-state index < -0.39 is 5.97 Å². The number of benzene rings is 1. The predicted octanol–water partition coefficient (Wildman–Crippen LogP) is 0.749. The molecule has 0 radical (unpaired) electrons. The van der Waals surface area contributed by atoms with Gasteiger partial charge in [0, 0.05) is 20.0 Å². The van der Waals surface area contributed by atoms with Crippen LogP contribution in [0.25, 0.3) is 0 Å². The molecular formula is C13H15N3O4. The van der Waals surface area contributed by atoms with Gasteiger partial charge in [-0.15, -0.1) is 0 Å². The number of hydrogen-bond acceptors (Lipinski definition) is 4. The summed E-state index contributed by atoms with van der Waals surface area (Å²) in [6, 6.07) is 6.45. The first kappa shape index (κ1) is 13.9. The van der Waals surface area contributed by atoms with Crippen molar-refractivity contribution in [2.75, 3.05) is 6.61 Å². The summed E-state index contributed by atoms with van der Waals surface area (Å²) in [6.07, 6.45) is 2.01. The molecule has 0 bridgehead atoms. The van der Waals surface area contributed by atoms with Crippen LogP contribution in [-0.2, 0) is 13.6 Å². The lowest BCUT2D eigenvalue weighted by Crippen LogP contribution is -2.23. The summed E-state index contributed by atoms with van der Waals surface area (Å²) in [6.45, 7) is 0.738. The van der Waals surface area contributed by atoms with Crippen molar-refractivity contribution < 1.29 is 14.6 Å². The van der Waals surface area contributed by atoms with Crippen molar-refractivity contribution in [1.82, 2.24) is 14.3 Å². The molecule has 0 spiro atoms. The molecule has 0 fully saturated rings. The number of hydrogen-bond donors (Lipinski definition) is 1. The zero-order valence-electron chi connectivity index (χ0n) is 11.0. The van der Waals surface area contributed by atoms with E-state index in [1.165, 1.54) is 21.6 Å². The van der Waals surface area contributed by atoms with E-state index in [9.17, 15) is 9.59 Å². The minimum absolute atomic E-state index is 0.127. The van der Waals surface area contributed by atoms with Gasteiger partial charge in [0.2, 0.25) is 0 Å². The highest BCUT2D eigenvalue weighted by atomic mass is 16.5. The monoisotopic (exact) mass is 277 g/mol. The van der Waals surface area contributed by atoms with Gasteiger partial charge in [-0.2, -0.15) is 5.10 Å². The molecule has 0 aliphatic rings. The number of nitrogens with zero attached hydrogens (tertiary/aromatic N) is 3. The van der Waals surface area contributed by atoms with Crippen molar-refractivity contribution in [3.8, 4) is 5.75 Å². The highest BCUT2D eigenvalue weighted by molar-refractivity contribution is 5.90. The lowest BCUT2D eigenvalue weighted by Gasteiger charge is -2.08. The van der Waals surface area contributed by atoms with Gasteiger partial charge in [-0.25, -0.2) is 14.3 Å². The van der Waals surface area contributed by atoms with Gasteiger partial charge >= 0.3 is 11.7 Å². The number of aryl methyl sites for hydroxylation is 2. The van der Waals surface area contributed by atoms with Gasteiger partial charge in [-0.3, -0.25) is 4.57 Å². The van der Waals surface area contributed by atoms with Gasteiger partial charge in [0.25, 0.3) is 0 Å². The van der Waals surface area contributed by atoms with Crippen LogP contribution in [-0.4, -0.2) is 32.0 Å². The van der Waals surface area contributed by atoms with Crippen molar-refractivity contribution in [3.05, 3.63) is 46.6 Å². The van der Waals surface area contributed by atoms with Crippen LogP contribution in [0.1, 0.15) is 16.8 Å². The van der Waals surface area contributed by atoms with Crippen LogP contribution in [0.3, 0.4) is 0 Å². The topological polar surface area (TPSA) is 86.3 Å². The van der Waals surface area contributed by atoms with Crippen molar-refractivity contribution in [2.24, 2.45) is 7.05 Å². The van der Waals surface area contributed by atoms with Gasteiger partial charge in [0.1, 0.15) is 17.6 Å². The summed E-state index contributed by atoms with van der Waals surface area (Å²) in [5.41, 5.74) is -0.0570. The third kappa shape index (κ3) is 3.05. The van der Waals surface area contributed by atoms with E-state index >= 15 is 0 Å². The third-order valence-corrected chi connectivity index (χ3v) is 2.78. The Morgan fingerprint density at radius 2 is 2.15 bits per heavy atom. The van der Waals surface area contributed by atoms with Gasteiger partial charge < -0.3 is 9.84 Å². The molecule has 0 aliphatic carbocycles. The molecule has 2 aromatic rings. The molecular weight excluding hydrogens is 262 g/mol. The number of carboxylic acid groups (broad SMARTS) is 1. The number of aromatic carboxylic acids is 1. The number of carboxylic acids is 1. The molecule has 0 saturated heterocycles. The summed E-state index contributed by atoms with van der Waals surface area (Å²) < 4.78 is 8.17. The maximum absolute atomic E-state index is 11.5. The highest BCUT2D eigenvalue weighted by Gasteiger charge is 2.09. The maximum Gasteiger partial charge on any atom is 0.345 e. The van der Waals surface area contributed by atoms with E-state index in [2.05, 4.69) is 5.10 Å². The van der Waals surface area contributed by atoms with Crippen LogP contribution in [0.4, 0.5) is 0 Å². The molecule has 1 N–H and O–H groups in total. The molecule has 1 aromatic heterocycles. The Hall–Kier alpha value is -2.57. The van der Waals surface area contributed by atoms with Crippen LogP contribution >= 0.6 is 0 Å². The largest absolute Gasteiger partial charge is 0.493 e. The highest BCUT2D eigenvalue weighted by Crippen LogP contribution is 2.17. The first-order valence-corrected chi connectivity index (χ1v) is 6.13. The van der Waals surface area contributed by atoms with E-state index in [1.54, 1.807) is 25.2 Å². The van der Waals surface area contributed by atoms with E-state index in [4.69, 9.17) is 9.84 Å². The average molecular weight is 277 g/mol. The number of para-hydroxylation sites is 1. The number of rotatable bonds is 6. The molecule has 7 nitrogen and oxygen atoms in total. The molecule has 20 heavy (non-hydrogen) atoms. The van der Waals surface area contributed by atoms with Crippen LogP contribution in [0.5, 0.6) is 5.75 Å². The Kier molecular flexibility index (Phi) is 4.19. The first-order valence-electron chi connectivity index (χ1n) is 6.13. The molecule has 1 aromatic carbocycles. The second-order valence-corrected chi connectivity index (χ2v) is 4.25. The lowest BCUT2D eigenvalue weighted by molar-refractivity contribution is 0.0692. The number of ether oxygens (including phenoxy) is 1. The Bertz CT molecular complexity index is 660. The molecule has 0 unspecified atom stereocenters. The molecule has 0 atom stereocenters.